The Bertz CT molecular complexity index is 1230. The van der Waals surface area contributed by atoms with Gasteiger partial charge < -0.3 is 24.4 Å². The Morgan fingerprint density at radius 3 is 2.29 bits per heavy atom. The molecule has 1 aliphatic carbocycles. The number of anilines is 1. The molecule has 1 atom stereocenters. The third-order valence-corrected chi connectivity index (χ3v) is 7.83. The molecule has 208 valence electrons. The predicted octanol–water partition coefficient (Wildman–Crippen LogP) is 2.95. The Hall–Kier alpha value is -3.47. The summed E-state index contributed by atoms with van der Waals surface area (Å²) < 4.78 is 42.5. The molecule has 0 heterocycles. The lowest BCUT2D eigenvalue weighted by molar-refractivity contribution is -0.139. The molecule has 0 aliphatic heterocycles. The zero-order chi connectivity index (χ0) is 27.9. The predicted molar refractivity (Wildman–Crippen MR) is 145 cm³/mol. The number of benzene rings is 2. The van der Waals surface area contributed by atoms with Crippen LogP contribution in [0.4, 0.5) is 5.69 Å². The second-order valence-electron chi connectivity index (χ2n) is 9.35. The van der Waals surface area contributed by atoms with E-state index in [1.165, 1.54) is 31.3 Å². The zero-order valence-electron chi connectivity index (χ0n) is 22.6. The molecule has 2 aromatic rings. The van der Waals surface area contributed by atoms with Crippen molar-refractivity contribution in [2.75, 3.05) is 38.4 Å². The van der Waals surface area contributed by atoms with Gasteiger partial charge in [0.05, 0.1) is 33.3 Å². The van der Waals surface area contributed by atoms with Crippen molar-refractivity contribution in [3.63, 3.8) is 0 Å². The number of rotatable bonds is 12. The van der Waals surface area contributed by atoms with Gasteiger partial charge in [0.25, 0.3) is 0 Å². The molecule has 0 aromatic heterocycles. The summed E-state index contributed by atoms with van der Waals surface area (Å²) in [5.74, 6) is 0.560. The van der Waals surface area contributed by atoms with E-state index in [9.17, 15) is 18.0 Å². The number of amides is 2. The minimum Gasteiger partial charge on any atom is -0.497 e. The molecule has 2 aromatic carbocycles. The van der Waals surface area contributed by atoms with Gasteiger partial charge in [-0.1, -0.05) is 25.0 Å². The van der Waals surface area contributed by atoms with Crippen molar-refractivity contribution in [3.8, 4) is 17.2 Å². The highest BCUT2D eigenvalue weighted by Gasteiger charge is 2.31. The standard InChI is InChI=1S/C27H37N3O7S/c1-19(27(32)28-21-10-6-7-11-21)29(17-20-9-8-12-23(15-20)35-2)26(31)18-30(38(5,33)34)22-13-14-24(36-3)25(16-22)37-4/h8-9,12-16,19,21H,6-7,10-11,17-18H2,1-5H3,(H,28,32). The summed E-state index contributed by atoms with van der Waals surface area (Å²) in [5, 5.41) is 3.05. The van der Waals surface area contributed by atoms with Gasteiger partial charge in [0.1, 0.15) is 18.3 Å². The van der Waals surface area contributed by atoms with E-state index in [4.69, 9.17) is 14.2 Å². The van der Waals surface area contributed by atoms with Gasteiger partial charge in [0, 0.05) is 18.7 Å². The molecule has 10 nitrogen and oxygen atoms in total. The maximum atomic E-state index is 13.7. The molecule has 11 heteroatoms. The van der Waals surface area contributed by atoms with Crippen LogP contribution in [-0.4, -0.2) is 71.3 Å². The lowest BCUT2D eigenvalue weighted by Gasteiger charge is -2.32. The highest BCUT2D eigenvalue weighted by atomic mass is 32.2. The monoisotopic (exact) mass is 547 g/mol. The van der Waals surface area contributed by atoms with Crippen LogP contribution >= 0.6 is 0 Å². The third kappa shape index (κ3) is 7.31. The van der Waals surface area contributed by atoms with Crippen LogP contribution < -0.4 is 23.8 Å². The molecule has 0 bridgehead atoms. The van der Waals surface area contributed by atoms with Gasteiger partial charge in [0.15, 0.2) is 11.5 Å². The van der Waals surface area contributed by atoms with Crippen LogP contribution in [0.15, 0.2) is 42.5 Å². The molecule has 2 amide bonds. The number of hydrogen-bond acceptors (Lipinski definition) is 7. The normalized spacial score (nSPS) is 14.4. The first-order chi connectivity index (χ1) is 18.1. The number of ether oxygens (including phenoxy) is 3. The number of carbonyl (C=O) groups excluding carboxylic acids is 2. The van der Waals surface area contributed by atoms with E-state index < -0.39 is 28.5 Å². The molecule has 1 fully saturated rings. The lowest BCUT2D eigenvalue weighted by atomic mass is 10.1. The summed E-state index contributed by atoms with van der Waals surface area (Å²) >= 11 is 0. The van der Waals surface area contributed by atoms with E-state index >= 15 is 0 Å². The molecule has 1 unspecified atom stereocenters. The molecule has 38 heavy (non-hydrogen) atoms. The van der Waals surface area contributed by atoms with Crippen molar-refractivity contribution in [1.29, 1.82) is 0 Å². The maximum absolute atomic E-state index is 13.7. The van der Waals surface area contributed by atoms with Gasteiger partial charge >= 0.3 is 0 Å². The lowest BCUT2D eigenvalue weighted by Crippen LogP contribution is -2.52. The molecular weight excluding hydrogens is 510 g/mol. The number of nitrogens with one attached hydrogen (secondary N) is 1. The van der Waals surface area contributed by atoms with Crippen molar-refractivity contribution in [3.05, 3.63) is 48.0 Å². The van der Waals surface area contributed by atoms with Gasteiger partial charge in [-0.3, -0.25) is 13.9 Å². The number of hydrogen-bond donors (Lipinski definition) is 1. The van der Waals surface area contributed by atoms with Crippen molar-refractivity contribution in [1.82, 2.24) is 10.2 Å². The second kappa shape index (κ2) is 12.9. The smallest absolute Gasteiger partial charge is 0.244 e. The minimum absolute atomic E-state index is 0.0815. The molecule has 1 aliphatic rings. The van der Waals surface area contributed by atoms with E-state index in [-0.39, 0.29) is 24.2 Å². The Kier molecular flexibility index (Phi) is 9.84. The van der Waals surface area contributed by atoms with Gasteiger partial charge in [0.2, 0.25) is 21.8 Å². The summed E-state index contributed by atoms with van der Waals surface area (Å²) in [6.07, 6.45) is 4.95. The van der Waals surface area contributed by atoms with E-state index in [0.29, 0.717) is 17.2 Å². The number of nitrogens with zero attached hydrogens (tertiary/aromatic N) is 2. The van der Waals surface area contributed by atoms with Crippen molar-refractivity contribution in [2.45, 2.75) is 51.2 Å². The number of sulfonamides is 1. The zero-order valence-corrected chi connectivity index (χ0v) is 23.4. The molecular formula is C27H37N3O7S. The summed E-state index contributed by atoms with van der Waals surface area (Å²) in [5.41, 5.74) is 0.984. The van der Waals surface area contributed by atoms with Gasteiger partial charge in [-0.25, -0.2) is 8.42 Å². The maximum Gasteiger partial charge on any atom is 0.244 e. The van der Waals surface area contributed by atoms with Crippen LogP contribution in [0.2, 0.25) is 0 Å². The first kappa shape index (κ1) is 29.1. The molecule has 1 N–H and O–H groups in total. The van der Waals surface area contributed by atoms with Gasteiger partial charge in [-0.05, 0) is 49.6 Å². The van der Waals surface area contributed by atoms with Gasteiger partial charge in [-0.15, -0.1) is 0 Å². The summed E-state index contributed by atoms with van der Waals surface area (Å²) in [7, 11) is 0.597. The third-order valence-electron chi connectivity index (χ3n) is 6.69. The average Bonchev–Trinajstić information content (AvgIpc) is 3.41. The number of methoxy groups -OCH3 is 3. The fraction of sp³-hybridized carbons (Fsp3) is 0.481. The second-order valence-corrected chi connectivity index (χ2v) is 11.3. The summed E-state index contributed by atoms with van der Waals surface area (Å²) in [6.45, 7) is 1.25. The first-order valence-electron chi connectivity index (χ1n) is 12.5. The summed E-state index contributed by atoms with van der Waals surface area (Å²) in [4.78, 5) is 28.3. The van der Waals surface area contributed by atoms with Crippen molar-refractivity contribution >= 4 is 27.5 Å². The largest absolute Gasteiger partial charge is 0.497 e. The van der Waals surface area contributed by atoms with E-state index in [2.05, 4.69) is 5.32 Å². The Morgan fingerprint density at radius 2 is 1.68 bits per heavy atom. The first-order valence-corrected chi connectivity index (χ1v) is 14.3. The highest BCUT2D eigenvalue weighted by molar-refractivity contribution is 7.92. The fourth-order valence-electron chi connectivity index (χ4n) is 4.54. The molecule has 3 rings (SSSR count). The van der Waals surface area contributed by atoms with E-state index in [1.54, 1.807) is 38.3 Å². The quantitative estimate of drug-likeness (QED) is 0.435. The fourth-order valence-corrected chi connectivity index (χ4v) is 5.38. The Labute approximate surface area is 224 Å². The minimum atomic E-state index is -3.87. The van der Waals surface area contributed by atoms with Crippen molar-refractivity contribution < 1.29 is 32.2 Å². The van der Waals surface area contributed by atoms with Crippen LogP contribution in [0.25, 0.3) is 0 Å². The Morgan fingerprint density at radius 1 is 1.00 bits per heavy atom. The SMILES string of the molecule is COc1cccc(CN(C(=O)CN(c2ccc(OC)c(OC)c2)S(C)(=O)=O)C(C)C(=O)NC2CCCC2)c1. The van der Waals surface area contributed by atoms with E-state index in [0.717, 1.165) is 41.8 Å². The van der Waals surface area contributed by atoms with Crippen molar-refractivity contribution in [2.24, 2.45) is 0 Å². The molecule has 0 saturated heterocycles. The van der Waals surface area contributed by atoms with Gasteiger partial charge in [-0.2, -0.15) is 0 Å². The van der Waals surface area contributed by atoms with E-state index in [1.807, 2.05) is 6.07 Å². The number of carbonyl (C=O) groups is 2. The van der Waals surface area contributed by atoms with Crippen LogP contribution in [-0.2, 0) is 26.2 Å². The summed E-state index contributed by atoms with van der Waals surface area (Å²) in [6, 6.07) is 11.0. The van der Waals surface area contributed by atoms with Crippen LogP contribution in [0.1, 0.15) is 38.2 Å². The molecule has 0 spiro atoms. The van der Waals surface area contributed by atoms with Crippen LogP contribution in [0.5, 0.6) is 17.2 Å². The average molecular weight is 548 g/mol. The molecule has 1 saturated carbocycles. The highest BCUT2D eigenvalue weighted by Crippen LogP contribution is 2.32. The Balaban J connectivity index is 1.92. The molecule has 0 radical (unpaired) electrons. The topological polar surface area (TPSA) is 114 Å². The van der Waals surface area contributed by atoms with Crippen LogP contribution in [0, 0.1) is 0 Å². The van der Waals surface area contributed by atoms with Crippen LogP contribution in [0.3, 0.4) is 0 Å².